The number of nitrogens with one attached hydrogen (secondary N) is 2. The van der Waals surface area contributed by atoms with Gasteiger partial charge in [-0.1, -0.05) is 20.3 Å². The maximum absolute atomic E-state index is 11.4. The monoisotopic (exact) mass is 279 g/mol. The van der Waals surface area contributed by atoms with Crippen LogP contribution in [0.4, 0.5) is 0 Å². The molecule has 4 N–H and O–H groups in total. The number of hydrogen-bond acceptors (Lipinski definition) is 3. The molecule has 0 aromatic rings. The summed E-state index contributed by atoms with van der Waals surface area (Å²) in [6, 6.07) is -0.279. The molecular formula is C12H26ClN3O2. The second-order valence-electron chi connectivity index (χ2n) is 4.31. The fraction of sp³-hybridized carbons (Fsp3) is 0.833. The van der Waals surface area contributed by atoms with Crippen molar-refractivity contribution in [2.24, 2.45) is 5.73 Å². The first-order valence-corrected chi connectivity index (χ1v) is 6.33. The molecule has 0 spiro atoms. The third-order valence-corrected chi connectivity index (χ3v) is 2.61. The number of rotatable bonds is 8. The van der Waals surface area contributed by atoms with Crippen LogP contribution < -0.4 is 16.4 Å². The highest BCUT2D eigenvalue weighted by molar-refractivity contribution is 5.85. The molecular weight excluding hydrogens is 254 g/mol. The van der Waals surface area contributed by atoms with Gasteiger partial charge in [0.15, 0.2) is 0 Å². The van der Waals surface area contributed by atoms with E-state index in [-0.39, 0.29) is 30.3 Å². The molecule has 0 rings (SSSR count). The highest BCUT2D eigenvalue weighted by Crippen LogP contribution is 1.93. The molecule has 0 aromatic heterocycles. The van der Waals surface area contributed by atoms with Crippen molar-refractivity contribution in [3.8, 4) is 0 Å². The highest BCUT2D eigenvalue weighted by atomic mass is 35.5. The summed E-state index contributed by atoms with van der Waals surface area (Å²) in [7, 11) is 0. The van der Waals surface area contributed by atoms with Crippen LogP contribution in [0.25, 0.3) is 0 Å². The topological polar surface area (TPSA) is 84.2 Å². The second kappa shape index (κ2) is 11.3. The summed E-state index contributed by atoms with van der Waals surface area (Å²) in [6.45, 7) is 6.29. The van der Waals surface area contributed by atoms with E-state index in [1.807, 2.05) is 20.8 Å². The SMILES string of the molecule is CCCC(N)C(=O)NCCC(=O)NC(C)CC.Cl. The molecule has 0 bridgehead atoms. The molecule has 0 saturated heterocycles. The largest absolute Gasteiger partial charge is 0.354 e. The van der Waals surface area contributed by atoms with Crippen molar-refractivity contribution in [2.75, 3.05) is 6.54 Å². The molecule has 0 heterocycles. The van der Waals surface area contributed by atoms with Crippen molar-refractivity contribution < 1.29 is 9.59 Å². The van der Waals surface area contributed by atoms with Gasteiger partial charge in [-0.2, -0.15) is 0 Å². The summed E-state index contributed by atoms with van der Waals surface area (Å²) in [4.78, 5) is 22.8. The zero-order valence-corrected chi connectivity index (χ0v) is 12.3. The minimum Gasteiger partial charge on any atom is -0.354 e. The smallest absolute Gasteiger partial charge is 0.236 e. The van der Waals surface area contributed by atoms with Crippen molar-refractivity contribution in [1.82, 2.24) is 10.6 Å². The first kappa shape index (κ1) is 19.5. The maximum atomic E-state index is 11.4. The normalized spacial score (nSPS) is 13.1. The summed E-state index contributed by atoms with van der Waals surface area (Å²) in [6.07, 6.45) is 2.75. The van der Waals surface area contributed by atoms with E-state index in [0.717, 1.165) is 12.8 Å². The first-order chi connectivity index (χ1) is 8.01. The average Bonchev–Trinajstić information content (AvgIpc) is 2.28. The van der Waals surface area contributed by atoms with Crippen molar-refractivity contribution in [3.05, 3.63) is 0 Å². The standard InChI is InChI=1S/C12H25N3O2.ClH/c1-4-6-10(13)12(17)14-8-7-11(16)15-9(3)5-2;/h9-10H,4-8,13H2,1-3H3,(H,14,17)(H,15,16);1H. The van der Waals surface area contributed by atoms with Crippen LogP contribution in [0.3, 0.4) is 0 Å². The molecule has 0 aromatic carbocycles. The molecule has 108 valence electrons. The Hall–Kier alpha value is -0.810. The lowest BCUT2D eigenvalue weighted by Gasteiger charge is -2.13. The summed E-state index contributed by atoms with van der Waals surface area (Å²) in [5, 5.41) is 5.50. The zero-order valence-electron chi connectivity index (χ0n) is 11.5. The van der Waals surface area contributed by atoms with Gasteiger partial charge in [-0.25, -0.2) is 0 Å². The molecule has 0 aliphatic heterocycles. The number of amides is 2. The first-order valence-electron chi connectivity index (χ1n) is 6.33. The van der Waals surface area contributed by atoms with Crippen LogP contribution in [-0.2, 0) is 9.59 Å². The third kappa shape index (κ3) is 9.24. The van der Waals surface area contributed by atoms with Gasteiger partial charge in [-0.3, -0.25) is 9.59 Å². The lowest BCUT2D eigenvalue weighted by atomic mass is 10.1. The van der Waals surface area contributed by atoms with Crippen LogP contribution in [0.15, 0.2) is 0 Å². The van der Waals surface area contributed by atoms with Gasteiger partial charge in [0.1, 0.15) is 0 Å². The van der Waals surface area contributed by atoms with Crippen LogP contribution in [-0.4, -0.2) is 30.4 Å². The Morgan fingerprint density at radius 2 is 1.89 bits per heavy atom. The van der Waals surface area contributed by atoms with Crippen LogP contribution in [0, 0.1) is 0 Å². The highest BCUT2D eigenvalue weighted by Gasteiger charge is 2.12. The third-order valence-electron chi connectivity index (χ3n) is 2.61. The Labute approximate surface area is 116 Å². The quantitative estimate of drug-likeness (QED) is 0.619. The Morgan fingerprint density at radius 3 is 2.39 bits per heavy atom. The summed E-state index contributed by atoms with van der Waals surface area (Å²) in [5.74, 6) is -0.216. The molecule has 0 radical (unpaired) electrons. The molecule has 6 heteroatoms. The van der Waals surface area contributed by atoms with E-state index in [9.17, 15) is 9.59 Å². The molecule has 0 aliphatic rings. The van der Waals surface area contributed by atoms with E-state index in [2.05, 4.69) is 10.6 Å². The van der Waals surface area contributed by atoms with Crippen LogP contribution in [0.1, 0.15) is 46.5 Å². The van der Waals surface area contributed by atoms with Gasteiger partial charge >= 0.3 is 0 Å². The van der Waals surface area contributed by atoms with E-state index in [1.54, 1.807) is 0 Å². The van der Waals surface area contributed by atoms with Gasteiger partial charge in [0.25, 0.3) is 0 Å². The Morgan fingerprint density at radius 1 is 1.28 bits per heavy atom. The Kier molecular flexibility index (Phi) is 12.2. The van der Waals surface area contributed by atoms with Crippen molar-refractivity contribution in [2.45, 2.75) is 58.5 Å². The summed E-state index contributed by atoms with van der Waals surface area (Å²) < 4.78 is 0. The number of carbonyl (C=O) groups is 2. The van der Waals surface area contributed by atoms with E-state index in [0.29, 0.717) is 19.4 Å². The average molecular weight is 280 g/mol. The Balaban J connectivity index is 0. The second-order valence-corrected chi connectivity index (χ2v) is 4.31. The van der Waals surface area contributed by atoms with Gasteiger partial charge in [-0.15, -0.1) is 12.4 Å². The van der Waals surface area contributed by atoms with Crippen molar-refractivity contribution in [3.63, 3.8) is 0 Å². The number of nitrogens with two attached hydrogens (primary N) is 1. The molecule has 0 aliphatic carbocycles. The molecule has 2 unspecified atom stereocenters. The molecule has 5 nitrogen and oxygen atoms in total. The lowest BCUT2D eigenvalue weighted by Crippen LogP contribution is -2.42. The van der Waals surface area contributed by atoms with E-state index in [1.165, 1.54) is 0 Å². The van der Waals surface area contributed by atoms with Gasteiger partial charge in [0.05, 0.1) is 6.04 Å². The van der Waals surface area contributed by atoms with E-state index < -0.39 is 6.04 Å². The molecule has 18 heavy (non-hydrogen) atoms. The molecule has 2 amide bonds. The van der Waals surface area contributed by atoms with Gasteiger partial charge < -0.3 is 16.4 Å². The molecule has 0 saturated carbocycles. The minimum absolute atomic E-state index is 0. The van der Waals surface area contributed by atoms with Crippen LogP contribution in [0.5, 0.6) is 0 Å². The van der Waals surface area contributed by atoms with E-state index in [4.69, 9.17) is 5.73 Å². The van der Waals surface area contributed by atoms with Gasteiger partial charge in [0, 0.05) is 19.0 Å². The number of hydrogen-bond donors (Lipinski definition) is 3. The molecule has 2 atom stereocenters. The van der Waals surface area contributed by atoms with Crippen LogP contribution >= 0.6 is 12.4 Å². The fourth-order valence-electron chi connectivity index (χ4n) is 1.32. The number of carbonyl (C=O) groups excluding carboxylic acids is 2. The van der Waals surface area contributed by atoms with E-state index >= 15 is 0 Å². The lowest BCUT2D eigenvalue weighted by molar-refractivity contribution is -0.123. The Bertz CT molecular complexity index is 249. The zero-order chi connectivity index (χ0) is 13.3. The predicted octanol–water partition coefficient (Wildman–Crippen LogP) is 0.957. The minimum atomic E-state index is -0.461. The number of halogens is 1. The van der Waals surface area contributed by atoms with Gasteiger partial charge in [0.2, 0.25) is 11.8 Å². The summed E-state index contributed by atoms with van der Waals surface area (Å²) >= 11 is 0. The van der Waals surface area contributed by atoms with Crippen molar-refractivity contribution in [1.29, 1.82) is 0 Å². The predicted molar refractivity (Wildman–Crippen MR) is 75.7 cm³/mol. The fourth-order valence-corrected chi connectivity index (χ4v) is 1.32. The molecule has 0 fully saturated rings. The van der Waals surface area contributed by atoms with Crippen LogP contribution in [0.2, 0.25) is 0 Å². The maximum Gasteiger partial charge on any atom is 0.236 e. The van der Waals surface area contributed by atoms with Crippen molar-refractivity contribution >= 4 is 24.2 Å². The summed E-state index contributed by atoms with van der Waals surface area (Å²) in [5.41, 5.74) is 5.63. The van der Waals surface area contributed by atoms with Gasteiger partial charge in [-0.05, 0) is 19.8 Å².